The van der Waals surface area contributed by atoms with Crippen LogP contribution in [-0.4, -0.2) is 63.7 Å². The quantitative estimate of drug-likeness (QED) is 0.204. The van der Waals surface area contributed by atoms with Crippen molar-refractivity contribution in [3.63, 3.8) is 0 Å². The van der Waals surface area contributed by atoms with Gasteiger partial charge in [-0.25, -0.2) is 8.42 Å². The van der Waals surface area contributed by atoms with E-state index >= 15 is 0 Å². The van der Waals surface area contributed by atoms with Crippen LogP contribution in [0.15, 0.2) is 82.6 Å². The van der Waals surface area contributed by atoms with Gasteiger partial charge in [0.15, 0.2) is 0 Å². The second-order valence-electron chi connectivity index (χ2n) is 10.9. The van der Waals surface area contributed by atoms with E-state index in [1.807, 2.05) is 38.3 Å². The number of hydrogen-bond acceptors (Lipinski definition) is 7. The summed E-state index contributed by atoms with van der Waals surface area (Å²) in [6.07, 6.45) is 6.18. The Morgan fingerprint density at radius 1 is 1.00 bits per heavy atom. The predicted molar refractivity (Wildman–Crippen MR) is 178 cm³/mol. The summed E-state index contributed by atoms with van der Waals surface area (Å²) in [5.41, 5.74) is 0.998. The normalized spacial score (nSPS) is 14.0. The first-order valence-corrected chi connectivity index (χ1v) is 18.0. The van der Waals surface area contributed by atoms with Gasteiger partial charge in [0.25, 0.3) is 10.0 Å². The number of rotatable bonds is 15. The highest BCUT2D eigenvalue weighted by Crippen LogP contribution is 2.33. The lowest BCUT2D eigenvalue weighted by Crippen LogP contribution is -2.53. The van der Waals surface area contributed by atoms with E-state index in [0.29, 0.717) is 24.5 Å². The third-order valence-corrected chi connectivity index (χ3v) is 10.5. The molecule has 1 N–H and O–H groups in total. The Labute approximate surface area is 271 Å². The number of nitrogens with one attached hydrogen (secondary N) is 1. The third kappa shape index (κ3) is 8.52. The monoisotopic (exact) mass is 653 g/mol. The van der Waals surface area contributed by atoms with Gasteiger partial charge in [-0.15, -0.1) is 11.8 Å². The molecule has 1 aliphatic carbocycles. The number of ether oxygens (including phenoxy) is 2. The minimum absolute atomic E-state index is 0.0461. The molecule has 4 rings (SSSR count). The number of carbonyl (C=O) groups excluding carboxylic acids is 2. The molecular weight excluding hydrogens is 611 g/mol. The van der Waals surface area contributed by atoms with Crippen molar-refractivity contribution < 1.29 is 27.5 Å². The van der Waals surface area contributed by atoms with E-state index in [1.54, 1.807) is 61.7 Å². The zero-order valence-corrected chi connectivity index (χ0v) is 28.0. The number of anilines is 1. The Kier molecular flexibility index (Phi) is 12.2. The predicted octanol–water partition coefficient (Wildman–Crippen LogP) is 5.88. The third-order valence-electron chi connectivity index (χ3n) is 7.93. The molecule has 3 aromatic rings. The number of nitrogens with zero attached hydrogens (tertiary/aromatic N) is 2. The van der Waals surface area contributed by atoms with Crippen LogP contribution in [0.3, 0.4) is 0 Å². The maximum absolute atomic E-state index is 14.4. The van der Waals surface area contributed by atoms with E-state index < -0.39 is 28.5 Å². The maximum Gasteiger partial charge on any atom is 0.264 e. The summed E-state index contributed by atoms with van der Waals surface area (Å²) in [7, 11) is -2.66. The van der Waals surface area contributed by atoms with Gasteiger partial charge < -0.3 is 19.7 Å². The van der Waals surface area contributed by atoms with Crippen molar-refractivity contribution in [2.75, 3.05) is 30.8 Å². The zero-order valence-electron chi connectivity index (χ0n) is 26.4. The first-order chi connectivity index (χ1) is 21.7. The van der Waals surface area contributed by atoms with Gasteiger partial charge in [0.2, 0.25) is 11.8 Å². The Morgan fingerprint density at radius 2 is 1.71 bits per heavy atom. The van der Waals surface area contributed by atoms with Gasteiger partial charge in [0.05, 0.1) is 24.3 Å². The van der Waals surface area contributed by atoms with Crippen LogP contribution in [0, 0.1) is 0 Å². The summed E-state index contributed by atoms with van der Waals surface area (Å²) < 4.78 is 40.9. The zero-order chi connectivity index (χ0) is 32.4. The summed E-state index contributed by atoms with van der Waals surface area (Å²) >= 11 is 1.50. The fourth-order valence-electron chi connectivity index (χ4n) is 5.58. The Hall–Kier alpha value is -3.70. The number of thioether (sulfide) groups is 1. The second kappa shape index (κ2) is 16.0. The fraction of sp³-hybridized carbons (Fsp3) is 0.412. The fourth-order valence-corrected chi connectivity index (χ4v) is 7.42. The highest BCUT2D eigenvalue weighted by Gasteiger charge is 2.35. The van der Waals surface area contributed by atoms with Crippen LogP contribution in [0.5, 0.6) is 11.5 Å². The van der Waals surface area contributed by atoms with E-state index in [9.17, 15) is 18.0 Å². The minimum Gasteiger partial charge on any atom is -0.497 e. The van der Waals surface area contributed by atoms with E-state index in [2.05, 4.69) is 5.32 Å². The van der Waals surface area contributed by atoms with Gasteiger partial charge in [-0.2, -0.15) is 0 Å². The number of hydrogen-bond donors (Lipinski definition) is 1. The van der Waals surface area contributed by atoms with Crippen molar-refractivity contribution >= 4 is 39.3 Å². The van der Waals surface area contributed by atoms with Crippen LogP contribution >= 0.6 is 11.8 Å². The standard InChI is InChI=1S/C34H43N3O6S2/c1-5-30(34(39)35-26-13-7-8-14-26)36(23-25-12-11-15-27(22-25)42-3)33(38)24-37(31-16-9-10-17-32(31)43-6-2)45(40,41)29-20-18-28(44-4)19-21-29/h9-12,15-22,26,30H,5-8,13-14,23-24H2,1-4H3,(H,35,39)/t30-/m1/s1. The van der Waals surface area contributed by atoms with Crippen LogP contribution in [0.2, 0.25) is 0 Å². The molecule has 3 aromatic carbocycles. The molecule has 0 heterocycles. The molecule has 9 nitrogen and oxygen atoms in total. The molecule has 11 heteroatoms. The number of sulfonamides is 1. The molecular formula is C34H43N3O6S2. The molecule has 0 aliphatic heterocycles. The summed E-state index contributed by atoms with van der Waals surface area (Å²) in [4.78, 5) is 30.6. The SMILES string of the molecule is CCOc1ccccc1N(CC(=O)N(Cc1cccc(OC)c1)[C@H](CC)C(=O)NC1CCCC1)S(=O)(=O)c1ccc(SC)cc1. The van der Waals surface area contributed by atoms with Crippen LogP contribution in [0.1, 0.15) is 51.5 Å². The highest BCUT2D eigenvalue weighted by molar-refractivity contribution is 7.98. The van der Waals surface area contributed by atoms with Crippen LogP contribution in [-0.2, 0) is 26.2 Å². The molecule has 242 valence electrons. The van der Waals surface area contributed by atoms with Crippen LogP contribution in [0.25, 0.3) is 0 Å². The average molecular weight is 654 g/mol. The average Bonchev–Trinajstić information content (AvgIpc) is 3.57. The van der Waals surface area contributed by atoms with Gasteiger partial charge in [-0.05, 0) is 86.5 Å². The Balaban J connectivity index is 1.76. The first kappa shape index (κ1) is 34.2. The van der Waals surface area contributed by atoms with Crippen molar-refractivity contribution in [2.45, 2.75) is 74.4 Å². The van der Waals surface area contributed by atoms with Gasteiger partial charge in [0.1, 0.15) is 24.1 Å². The molecule has 0 unspecified atom stereocenters. The number of benzene rings is 3. The van der Waals surface area contributed by atoms with Crippen molar-refractivity contribution in [1.82, 2.24) is 10.2 Å². The largest absolute Gasteiger partial charge is 0.497 e. The minimum atomic E-state index is -4.23. The summed E-state index contributed by atoms with van der Waals surface area (Å²) in [6.45, 7) is 3.54. The molecule has 1 atom stereocenters. The van der Waals surface area contributed by atoms with Crippen molar-refractivity contribution in [3.8, 4) is 11.5 Å². The van der Waals surface area contributed by atoms with E-state index in [0.717, 1.165) is 40.4 Å². The topological polar surface area (TPSA) is 105 Å². The maximum atomic E-state index is 14.4. The second-order valence-corrected chi connectivity index (χ2v) is 13.6. The van der Waals surface area contributed by atoms with E-state index in [1.165, 1.54) is 16.7 Å². The molecule has 0 aromatic heterocycles. The molecule has 0 bridgehead atoms. The summed E-state index contributed by atoms with van der Waals surface area (Å²) in [6, 6.07) is 19.9. The lowest BCUT2D eigenvalue weighted by Gasteiger charge is -2.34. The van der Waals surface area contributed by atoms with Crippen LogP contribution < -0.4 is 19.1 Å². The molecule has 1 aliphatic rings. The summed E-state index contributed by atoms with van der Waals surface area (Å²) in [5, 5.41) is 3.14. The van der Waals surface area contributed by atoms with Crippen LogP contribution in [0.4, 0.5) is 5.69 Å². The molecule has 1 saturated carbocycles. The van der Waals surface area contributed by atoms with Crippen molar-refractivity contribution in [1.29, 1.82) is 0 Å². The van der Waals surface area contributed by atoms with Gasteiger partial charge in [-0.1, -0.05) is 44.0 Å². The van der Waals surface area contributed by atoms with Crippen molar-refractivity contribution in [3.05, 3.63) is 78.4 Å². The molecule has 1 fully saturated rings. The summed E-state index contributed by atoms with van der Waals surface area (Å²) in [5.74, 6) is 0.202. The van der Waals surface area contributed by atoms with Gasteiger partial charge in [-0.3, -0.25) is 13.9 Å². The lowest BCUT2D eigenvalue weighted by atomic mass is 10.1. The van der Waals surface area contributed by atoms with E-state index in [-0.39, 0.29) is 29.1 Å². The molecule has 0 saturated heterocycles. The molecule has 0 spiro atoms. The Bertz CT molecular complexity index is 1540. The molecule has 2 amide bonds. The molecule has 45 heavy (non-hydrogen) atoms. The van der Waals surface area contributed by atoms with Crippen molar-refractivity contribution in [2.24, 2.45) is 0 Å². The van der Waals surface area contributed by atoms with E-state index in [4.69, 9.17) is 9.47 Å². The number of amides is 2. The number of para-hydroxylation sites is 2. The van der Waals surface area contributed by atoms with Gasteiger partial charge >= 0.3 is 0 Å². The molecule has 0 radical (unpaired) electrons. The Morgan fingerprint density at radius 3 is 2.36 bits per heavy atom. The first-order valence-electron chi connectivity index (χ1n) is 15.3. The highest BCUT2D eigenvalue weighted by atomic mass is 32.2. The van der Waals surface area contributed by atoms with Gasteiger partial charge in [0, 0.05) is 17.5 Å². The number of carbonyl (C=O) groups is 2. The number of methoxy groups -OCH3 is 1. The lowest BCUT2D eigenvalue weighted by molar-refractivity contribution is -0.140. The smallest absolute Gasteiger partial charge is 0.264 e.